The Balaban J connectivity index is 1.88. The molecule has 20 heavy (non-hydrogen) atoms. The third-order valence-corrected chi connectivity index (χ3v) is 4.17. The Hall–Kier alpha value is -1.64. The van der Waals surface area contributed by atoms with Crippen LogP contribution in [0.4, 0.5) is 0 Å². The molecule has 3 rings (SSSR count). The first-order valence-corrected chi connectivity index (χ1v) is 7.64. The van der Waals surface area contributed by atoms with Gasteiger partial charge < -0.3 is 9.47 Å². The number of hydrogen-bond donors (Lipinski definition) is 0. The third kappa shape index (κ3) is 2.92. The zero-order chi connectivity index (χ0) is 13.9. The molecule has 0 atom stereocenters. The van der Waals surface area contributed by atoms with E-state index in [1.807, 2.05) is 30.3 Å². The van der Waals surface area contributed by atoms with Gasteiger partial charge >= 0.3 is 0 Å². The number of ether oxygens (including phenoxy) is 2. The summed E-state index contributed by atoms with van der Waals surface area (Å²) in [6.07, 6.45) is 0. The van der Waals surface area contributed by atoms with E-state index in [2.05, 4.69) is 22.0 Å². The summed E-state index contributed by atoms with van der Waals surface area (Å²) in [4.78, 5) is 2.06. The average Bonchev–Trinajstić information content (AvgIpc) is 2.46. The molecular formula is C15H10BrNO2S. The van der Waals surface area contributed by atoms with Crippen LogP contribution in [0.1, 0.15) is 5.56 Å². The van der Waals surface area contributed by atoms with E-state index < -0.39 is 0 Å². The smallest absolute Gasteiger partial charge is 0.162 e. The van der Waals surface area contributed by atoms with Gasteiger partial charge in [0.05, 0.1) is 11.6 Å². The lowest BCUT2D eigenvalue weighted by atomic mass is 10.2. The molecule has 0 fully saturated rings. The van der Waals surface area contributed by atoms with E-state index in [0.29, 0.717) is 18.8 Å². The van der Waals surface area contributed by atoms with Crippen molar-refractivity contribution in [2.24, 2.45) is 0 Å². The van der Waals surface area contributed by atoms with E-state index in [1.165, 1.54) is 0 Å². The van der Waals surface area contributed by atoms with Gasteiger partial charge in [0.25, 0.3) is 0 Å². The van der Waals surface area contributed by atoms with Gasteiger partial charge in [0.2, 0.25) is 0 Å². The summed E-state index contributed by atoms with van der Waals surface area (Å²) in [5.74, 6) is 1.56. The van der Waals surface area contributed by atoms with Gasteiger partial charge in [0.15, 0.2) is 11.5 Å². The Bertz CT molecular complexity index is 697. The largest absolute Gasteiger partial charge is 0.486 e. The highest BCUT2D eigenvalue weighted by molar-refractivity contribution is 9.10. The fourth-order valence-corrected chi connectivity index (χ4v) is 3.50. The van der Waals surface area contributed by atoms with Crippen LogP contribution in [0.15, 0.2) is 50.7 Å². The van der Waals surface area contributed by atoms with E-state index >= 15 is 0 Å². The predicted octanol–water partition coefficient (Wildman–Crippen LogP) is 4.24. The molecule has 0 saturated heterocycles. The lowest BCUT2D eigenvalue weighted by Crippen LogP contribution is -2.15. The minimum absolute atomic E-state index is 0.580. The van der Waals surface area contributed by atoms with E-state index in [0.717, 1.165) is 25.8 Å². The fourth-order valence-electron chi connectivity index (χ4n) is 1.91. The number of nitriles is 1. The van der Waals surface area contributed by atoms with Crippen LogP contribution in [0.5, 0.6) is 11.5 Å². The van der Waals surface area contributed by atoms with Crippen molar-refractivity contribution in [1.29, 1.82) is 5.26 Å². The maximum absolute atomic E-state index is 8.99. The first-order chi connectivity index (χ1) is 9.74. The molecule has 5 heteroatoms. The number of fused-ring (bicyclic) bond motifs is 1. The van der Waals surface area contributed by atoms with Crippen molar-refractivity contribution >= 4 is 27.7 Å². The third-order valence-electron chi connectivity index (χ3n) is 2.75. The minimum Gasteiger partial charge on any atom is -0.486 e. The van der Waals surface area contributed by atoms with Crippen LogP contribution in [0.2, 0.25) is 0 Å². The monoisotopic (exact) mass is 347 g/mol. The summed E-state index contributed by atoms with van der Waals surface area (Å²) in [7, 11) is 0. The molecule has 3 nitrogen and oxygen atoms in total. The summed E-state index contributed by atoms with van der Waals surface area (Å²) in [6.45, 7) is 1.17. The highest BCUT2D eigenvalue weighted by Crippen LogP contribution is 2.37. The highest BCUT2D eigenvalue weighted by Gasteiger charge is 2.12. The number of benzene rings is 2. The highest BCUT2D eigenvalue weighted by atomic mass is 79.9. The average molecular weight is 348 g/mol. The molecule has 0 saturated carbocycles. The molecular weight excluding hydrogens is 338 g/mol. The van der Waals surface area contributed by atoms with Crippen molar-refractivity contribution in [3.8, 4) is 17.6 Å². The first-order valence-electron chi connectivity index (χ1n) is 6.03. The molecule has 0 amide bonds. The molecule has 2 aromatic carbocycles. The second-order valence-corrected chi connectivity index (χ2v) is 6.26. The Morgan fingerprint density at radius 1 is 1.00 bits per heavy atom. The van der Waals surface area contributed by atoms with Gasteiger partial charge in [-0.2, -0.15) is 5.26 Å². The van der Waals surface area contributed by atoms with Gasteiger partial charge in [-0.05, 0) is 36.4 Å². The summed E-state index contributed by atoms with van der Waals surface area (Å²) in [5, 5.41) is 8.99. The maximum atomic E-state index is 8.99. The van der Waals surface area contributed by atoms with Crippen LogP contribution in [-0.2, 0) is 0 Å². The molecule has 0 aromatic heterocycles. The zero-order valence-corrected chi connectivity index (χ0v) is 12.8. The summed E-state index contributed by atoms with van der Waals surface area (Å²) in [6, 6.07) is 13.7. The molecule has 0 spiro atoms. The van der Waals surface area contributed by atoms with E-state index in [4.69, 9.17) is 14.7 Å². The van der Waals surface area contributed by atoms with Crippen LogP contribution in [0.3, 0.4) is 0 Å². The predicted molar refractivity (Wildman–Crippen MR) is 80.4 cm³/mol. The standard InChI is InChI=1S/C15H10BrNO2S/c16-11-5-10(9-17)6-13(7-11)20-12-1-2-14-15(8-12)19-4-3-18-14/h1-2,5-8H,3-4H2. The van der Waals surface area contributed by atoms with Crippen molar-refractivity contribution in [3.63, 3.8) is 0 Å². The van der Waals surface area contributed by atoms with Crippen LogP contribution >= 0.6 is 27.7 Å². The number of hydrogen-bond acceptors (Lipinski definition) is 4. The van der Waals surface area contributed by atoms with E-state index in [-0.39, 0.29) is 0 Å². The molecule has 0 radical (unpaired) electrons. The van der Waals surface area contributed by atoms with Gasteiger partial charge in [-0.15, -0.1) is 0 Å². The molecule has 100 valence electrons. The maximum Gasteiger partial charge on any atom is 0.162 e. The molecule has 0 aliphatic carbocycles. The molecule has 1 aliphatic rings. The molecule has 0 unspecified atom stereocenters. The van der Waals surface area contributed by atoms with Crippen molar-refractivity contribution < 1.29 is 9.47 Å². The molecule has 1 heterocycles. The zero-order valence-electron chi connectivity index (χ0n) is 10.4. The Kier molecular flexibility index (Phi) is 3.86. The van der Waals surface area contributed by atoms with Crippen molar-refractivity contribution in [2.75, 3.05) is 13.2 Å². The Labute approximate surface area is 129 Å². The van der Waals surface area contributed by atoms with Gasteiger partial charge in [-0.1, -0.05) is 27.7 Å². The number of nitrogens with zero attached hydrogens (tertiary/aromatic N) is 1. The minimum atomic E-state index is 0.580. The molecule has 0 bridgehead atoms. The molecule has 2 aromatic rings. The quantitative estimate of drug-likeness (QED) is 0.814. The second-order valence-electron chi connectivity index (χ2n) is 4.19. The SMILES string of the molecule is N#Cc1cc(Br)cc(Sc2ccc3c(c2)OCCO3)c1. The van der Waals surface area contributed by atoms with Gasteiger partial charge in [0, 0.05) is 14.3 Å². The number of rotatable bonds is 2. The van der Waals surface area contributed by atoms with Crippen LogP contribution in [0.25, 0.3) is 0 Å². The van der Waals surface area contributed by atoms with E-state index in [9.17, 15) is 0 Å². The summed E-state index contributed by atoms with van der Waals surface area (Å²) < 4.78 is 12.0. The van der Waals surface area contributed by atoms with Crippen LogP contribution in [0, 0.1) is 11.3 Å². The fraction of sp³-hybridized carbons (Fsp3) is 0.133. The van der Waals surface area contributed by atoms with Crippen molar-refractivity contribution in [2.45, 2.75) is 9.79 Å². The summed E-state index contributed by atoms with van der Waals surface area (Å²) >= 11 is 5.01. The number of halogens is 1. The van der Waals surface area contributed by atoms with Crippen molar-refractivity contribution in [1.82, 2.24) is 0 Å². The second kappa shape index (κ2) is 5.78. The molecule has 1 aliphatic heterocycles. The normalized spacial score (nSPS) is 12.8. The van der Waals surface area contributed by atoms with E-state index in [1.54, 1.807) is 17.8 Å². The van der Waals surface area contributed by atoms with Crippen LogP contribution in [-0.4, -0.2) is 13.2 Å². The van der Waals surface area contributed by atoms with Gasteiger partial charge in [-0.3, -0.25) is 0 Å². The lowest BCUT2D eigenvalue weighted by Gasteiger charge is -2.18. The first kappa shape index (κ1) is 13.3. The molecule has 0 N–H and O–H groups in total. The topological polar surface area (TPSA) is 42.2 Å². The van der Waals surface area contributed by atoms with Crippen LogP contribution < -0.4 is 9.47 Å². The Morgan fingerprint density at radius 2 is 1.80 bits per heavy atom. The Morgan fingerprint density at radius 3 is 2.60 bits per heavy atom. The summed E-state index contributed by atoms with van der Waals surface area (Å²) in [5.41, 5.74) is 0.638. The van der Waals surface area contributed by atoms with Gasteiger partial charge in [0.1, 0.15) is 13.2 Å². The lowest BCUT2D eigenvalue weighted by molar-refractivity contribution is 0.171. The van der Waals surface area contributed by atoms with Gasteiger partial charge in [-0.25, -0.2) is 0 Å². The van der Waals surface area contributed by atoms with Crippen molar-refractivity contribution in [3.05, 3.63) is 46.4 Å².